The Balaban J connectivity index is 1.82. The van der Waals surface area contributed by atoms with Crippen LogP contribution in [0.2, 0.25) is 23.2 Å². The van der Waals surface area contributed by atoms with Gasteiger partial charge >= 0.3 is 0 Å². The van der Waals surface area contributed by atoms with Crippen molar-refractivity contribution in [1.29, 1.82) is 0 Å². The molecule has 1 unspecified atom stereocenters. The van der Waals surface area contributed by atoms with Crippen LogP contribution in [0.15, 0.2) is 72.8 Å². The molecule has 0 saturated carbocycles. The zero-order chi connectivity index (χ0) is 30.6. The van der Waals surface area contributed by atoms with E-state index in [1.807, 2.05) is 0 Å². The highest BCUT2D eigenvalue weighted by atomic mass is 28.4. The van der Waals surface area contributed by atoms with Crippen LogP contribution in [-0.2, 0) is 13.6 Å². The first-order valence-electron chi connectivity index (χ1n) is 16.5. The Morgan fingerprint density at radius 3 is 1.95 bits per heavy atom. The lowest BCUT2D eigenvalue weighted by Crippen LogP contribution is -2.66. The van der Waals surface area contributed by atoms with Gasteiger partial charge in [0, 0.05) is 12.7 Å². The average molecular weight is 611 g/mol. The van der Waals surface area contributed by atoms with Crippen LogP contribution >= 0.6 is 0 Å². The van der Waals surface area contributed by atoms with Crippen LogP contribution in [0.1, 0.15) is 80.6 Å². The largest absolute Gasteiger partial charge is 0.414 e. The molecule has 0 saturated heterocycles. The minimum Gasteiger partial charge on any atom is -0.414 e. The first-order valence-corrected chi connectivity index (χ1v) is 20.9. The highest BCUT2D eigenvalue weighted by Crippen LogP contribution is 2.37. The van der Waals surface area contributed by atoms with Crippen molar-refractivity contribution in [3.63, 3.8) is 0 Å². The zero-order valence-corrected chi connectivity index (χ0v) is 29.5. The van der Waals surface area contributed by atoms with E-state index in [0.717, 1.165) is 56.8 Å². The summed E-state index contributed by atoms with van der Waals surface area (Å²) in [4.78, 5) is 0. The number of aliphatic hydroxyl groups is 1. The van der Waals surface area contributed by atoms with E-state index in [-0.39, 0.29) is 29.3 Å². The maximum absolute atomic E-state index is 11.1. The third kappa shape index (κ3) is 8.99. The molecule has 0 fully saturated rings. The van der Waals surface area contributed by atoms with Crippen molar-refractivity contribution < 1.29 is 18.7 Å². The van der Waals surface area contributed by atoms with Gasteiger partial charge in [-0.2, -0.15) is 0 Å². The lowest BCUT2D eigenvalue weighted by Gasteiger charge is -2.44. The van der Waals surface area contributed by atoms with Gasteiger partial charge in [-0.05, 0) is 71.6 Å². The highest BCUT2D eigenvalue weighted by Gasteiger charge is 2.50. The molecule has 1 aliphatic heterocycles. The number of rotatable bonds is 17. The lowest BCUT2D eigenvalue weighted by atomic mass is 9.93. The molecule has 4 atom stereocenters. The molecule has 1 N–H and O–H groups in total. The Kier molecular flexibility index (Phi) is 13.7. The summed E-state index contributed by atoms with van der Waals surface area (Å²) in [6.07, 6.45) is 8.37. The molecule has 0 aromatic heterocycles. The van der Waals surface area contributed by atoms with Crippen LogP contribution < -0.4 is 10.4 Å². The van der Waals surface area contributed by atoms with Gasteiger partial charge < -0.3 is 18.7 Å². The fourth-order valence-electron chi connectivity index (χ4n) is 6.70. The summed E-state index contributed by atoms with van der Waals surface area (Å²) in [5.74, 6) is 0.238. The number of ether oxygens (including phenoxy) is 1. The molecule has 0 amide bonds. The first-order chi connectivity index (χ1) is 20.1. The Labute approximate surface area is 259 Å². The molecule has 1 heterocycles. The summed E-state index contributed by atoms with van der Waals surface area (Å²) >= 11 is 0. The fraction of sp³-hybridized carbons (Fsp3) is 0.611. The van der Waals surface area contributed by atoms with Crippen molar-refractivity contribution in [2.75, 3.05) is 13.2 Å². The minimum atomic E-state index is -2.61. The highest BCUT2D eigenvalue weighted by molar-refractivity contribution is 6.99. The lowest BCUT2D eigenvalue weighted by molar-refractivity contribution is 0.0393. The van der Waals surface area contributed by atoms with Gasteiger partial charge in [0.2, 0.25) is 0 Å². The molecule has 3 rings (SSSR count). The molecule has 2 aromatic carbocycles. The van der Waals surface area contributed by atoms with Gasteiger partial charge in [0.05, 0.1) is 18.8 Å². The van der Waals surface area contributed by atoms with E-state index in [1.165, 1.54) is 10.4 Å². The maximum Gasteiger partial charge on any atom is 0.261 e. The molecular weight excluding hydrogens is 553 g/mol. The molecule has 0 aliphatic carbocycles. The summed E-state index contributed by atoms with van der Waals surface area (Å²) in [6, 6.07) is 25.1. The topological polar surface area (TPSA) is 47.9 Å². The van der Waals surface area contributed by atoms with Crippen LogP contribution in [0.5, 0.6) is 0 Å². The Morgan fingerprint density at radius 2 is 1.48 bits per heavy atom. The van der Waals surface area contributed by atoms with E-state index in [1.54, 1.807) is 0 Å². The summed E-state index contributed by atoms with van der Waals surface area (Å²) in [5, 5.41) is 13.6. The van der Waals surface area contributed by atoms with Crippen LogP contribution in [0.3, 0.4) is 0 Å². The fourth-order valence-corrected chi connectivity index (χ4v) is 14.3. The van der Waals surface area contributed by atoms with E-state index < -0.39 is 16.6 Å². The molecule has 6 heteroatoms. The van der Waals surface area contributed by atoms with Crippen LogP contribution in [0.4, 0.5) is 0 Å². The second kappa shape index (κ2) is 16.5. The van der Waals surface area contributed by atoms with Gasteiger partial charge in [-0.1, -0.05) is 121 Å². The molecule has 234 valence electrons. The third-order valence-corrected chi connectivity index (χ3v) is 19.2. The second-order valence-electron chi connectivity index (χ2n) is 13.3. The second-order valence-corrected chi connectivity index (χ2v) is 22.3. The summed E-state index contributed by atoms with van der Waals surface area (Å²) in [6.45, 7) is 17.6. The van der Waals surface area contributed by atoms with Gasteiger partial charge in [-0.15, -0.1) is 0 Å². The zero-order valence-electron chi connectivity index (χ0n) is 27.5. The van der Waals surface area contributed by atoms with Crippen molar-refractivity contribution in [2.45, 2.75) is 122 Å². The summed E-state index contributed by atoms with van der Waals surface area (Å²) in [5.41, 5.74) is 0. The molecule has 2 aromatic rings. The smallest absolute Gasteiger partial charge is 0.261 e. The normalized spacial score (nSPS) is 18.5. The third-order valence-electron chi connectivity index (χ3n) is 9.50. The SMILES string of the molecule is CC[Si](CC)(CC)O[C@H](CCO[Si](c1ccccc1)(c1ccccc1)C(C)(C)C)[C@H](C)C[C@@H](O)CCC1C=CCCO1. The molecule has 0 bridgehead atoms. The predicted molar refractivity (Wildman–Crippen MR) is 183 cm³/mol. The summed E-state index contributed by atoms with van der Waals surface area (Å²) < 4.78 is 20.3. The van der Waals surface area contributed by atoms with Crippen molar-refractivity contribution >= 4 is 27.0 Å². The Bertz CT molecular complexity index is 1000. The van der Waals surface area contributed by atoms with E-state index in [0.29, 0.717) is 6.61 Å². The number of hydrogen-bond donors (Lipinski definition) is 1. The maximum atomic E-state index is 11.1. The van der Waals surface area contributed by atoms with E-state index >= 15 is 0 Å². The standard InChI is InChI=1S/C36H58O4Si2/c1-8-41(9-2,10-3)40-35(30(4)29-31(37)24-25-32-19-17-18-27-38-32)26-28-39-42(36(5,6)7,33-20-13-11-14-21-33)34-22-15-12-16-23-34/h11-17,19-23,30-32,35,37H,8-10,18,24-29H2,1-7H3/t30-,31+,32?,35-/m1/s1. The van der Waals surface area contributed by atoms with Crippen molar-refractivity contribution in [3.05, 3.63) is 72.8 Å². The van der Waals surface area contributed by atoms with E-state index in [2.05, 4.69) is 121 Å². The van der Waals surface area contributed by atoms with Gasteiger partial charge in [0.1, 0.15) is 0 Å². The Morgan fingerprint density at radius 1 is 0.905 bits per heavy atom. The van der Waals surface area contributed by atoms with Gasteiger partial charge in [0.15, 0.2) is 8.32 Å². The summed E-state index contributed by atoms with van der Waals surface area (Å²) in [7, 11) is -4.47. The van der Waals surface area contributed by atoms with Crippen LogP contribution in [0, 0.1) is 5.92 Å². The van der Waals surface area contributed by atoms with Crippen molar-refractivity contribution in [2.24, 2.45) is 5.92 Å². The molecular formula is C36H58O4Si2. The van der Waals surface area contributed by atoms with Crippen LogP contribution in [0.25, 0.3) is 0 Å². The number of benzene rings is 2. The van der Waals surface area contributed by atoms with Crippen molar-refractivity contribution in [1.82, 2.24) is 0 Å². The van der Waals surface area contributed by atoms with Gasteiger partial charge in [0.25, 0.3) is 8.32 Å². The number of hydrogen-bond acceptors (Lipinski definition) is 4. The first kappa shape index (κ1) is 34.9. The van der Waals surface area contributed by atoms with Gasteiger partial charge in [-0.25, -0.2) is 0 Å². The monoisotopic (exact) mass is 610 g/mol. The van der Waals surface area contributed by atoms with Crippen LogP contribution in [-0.4, -0.2) is 53.3 Å². The average Bonchev–Trinajstić information content (AvgIpc) is 3.01. The molecule has 42 heavy (non-hydrogen) atoms. The van der Waals surface area contributed by atoms with Crippen molar-refractivity contribution in [3.8, 4) is 0 Å². The molecule has 4 nitrogen and oxygen atoms in total. The molecule has 0 spiro atoms. The quantitative estimate of drug-likeness (QED) is 0.146. The molecule has 1 aliphatic rings. The predicted octanol–water partition coefficient (Wildman–Crippen LogP) is 7.86. The molecule has 0 radical (unpaired) electrons. The Hall–Kier alpha value is -1.55. The minimum absolute atomic E-state index is 0.0573. The number of aliphatic hydroxyl groups excluding tert-OH is 1. The van der Waals surface area contributed by atoms with E-state index in [4.69, 9.17) is 13.6 Å². The van der Waals surface area contributed by atoms with Gasteiger partial charge in [-0.3, -0.25) is 0 Å². The van der Waals surface area contributed by atoms with E-state index in [9.17, 15) is 5.11 Å².